The van der Waals surface area contributed by atoms with Crippen LogP contribution in [0.3, 0.4) is 0 Å². The van der Waals surface area contributed by atoms with Crippen molar-refractivity contribution in [3.63, 3.8) is 0 Å². The van der Waals surface area contributed by atoms with Crippen LogP contribution in [0.4, 0.5) is 13.2 Å². The quantitative estimate of drug-likeness (QED) is 0.746. The minimum absolute atomic E-state index is 0.000926. The number of piperidine rings is 1. The second-order valence-electron chi connectivity index (χ2n) is 3.99. The third-order valence-electron chi connectivity index (χ3n) is 2.56. The van der Waals surface area contributed by atoms with Crippen LogP contribution < -0.4 is 11.5 Å². The van der Waals surface area contributed by atoms with Gasteiger partial charge < -0.3 is 16.4 Å². The van der Waals surface area contributed by atoms with E-state index in [1.807, 2.05) is 4.90 Å². The lowest BCUT2D eigenvalue weighted by molar-refractivity contribution is -0.132. The molecule has 0 spiro atoms. The Bertz CT molecular complexity index is 205. The van der Waals surface area contributed by atoms with Crippen LogP contribution in [0.15, 0.2) is 0 Å². The third kappa shape index (κ3) is 4.90. The fraction of sp³-hybridized carbons (Fsp3) is 1.00. The Hall–Kier alpha value is 0.0200. The Morgan fingerprint density at radius 1 is 1.12 bits per heavy atom. The lowest BCUT2D eigenvalue weighted by atomic mass is 10.1. The number of hydrogen-bond donors (Lipinski definition) is 2. The fourth-order valence-electron chi connectivity index (χ4n) is 1.79. The smallest absolute Gasteiger partial charge is 0.307 e. The average molecular weight is 257 g/mol. The molecule has 0 aromatic heterocycles. The van der Waals surface area contributed by atoms with Crippen molar-refractivity contribution < 1.29 is 13.2 Å². The highest BCUT2D eigenvalue weighted by molar-refractivity contribution is 8.00. The first-order valence-electron chi connectivity index (χ1n) is 5.35. The molecule has 4 N–H and O–H groups in total. The van der Waals surface area contributed by atoms with Gasteiger partial charge in [-0.15, -0.1) is 11.8 Å². The maximum atomic E-state index is 12.7. The van der Waals surface area contributed by atoms with Crippen LogP contribution in [0.25, 0.3) is 0 Å². The molecule has 1 aliphatic heterocycles. The summed E-state index contributed by atoms with van der Waals surface area (Å²) in [5, 5.41) is -1.48. The van der Waals surface area contributed by atoms with Gasteiger partial charge in [-0.1, -0.05) is 6.42 Å². The Morgan fingerprint density at radius 3 is 2.12 bits per heavy atom. The van der Waals surface area contributed by atoms with Gasteiger partial charge in [-0.25, -0.2) is 0 Å². The van der Waals surface area contributed by atoms with Gasteiger partial charge in [0.15, 0.2) is 0 Å². The molecule has 1 unspecified atom stereocenters. The zero-order valence-electron chi connectivity index (χ0n) is 9.04. The molecule has 1 fully saturated rings. The minimum Gasteiger partial charge on any atom is -0.307 e. The number of hydrogen-bond acceptors (Lipinski definition) is 4. The molecule has 0 amide bonds. The second kappa shape index (κ2) is 6.09. The van der Waals surface area contributed by atoms with E-state index in [0.717, 1.165) is 32.4 Å². The molecule has 1 heterocycles. The summed E-state index contributed by atoms with van der Waals surface area (Å²) in [4.78, 5) is 1.84. The van der Waals surface area contributed by atoms with Gasteiger partial charge in [-0.3, -0.25) is 0 Å². The van der Waals surface area contributed by atoms with Gasteiger partial charge in [0.1, 0.15) is 10.7 Å². The van der Waals surface area contributed by atoms with E-state index in [4.69, 9.17) is 11.5 Å². The summed E-state index contributed by atoms with van der Waals surface area (Å²) in [7, 11) is 0. The molecule has 1 saturated heterocycles. The van der Waals surface area contributed by atoms with Crippen LogP contribution >= 0.6 is 11.8 Å². The zero-order valence-corrected chi connectivity index (χ0v) is 9.86. The minimum atomic E-state index is -4.24. The first-order chi connectivity index (χ1) is 7.39. The predicted octanol–water partition coefficient (Wildman–Crippen LogP) is 1.34. The van der Waals surface area contributed by atoms with Gasteiger partial charge in [0.05, 0.1) is 0 Å². The maximum Gasteiger partial charge on any atom is 0.401 e. The van der Waals surface area contributed by atoms with Crippen LogP contribution in [0.2, 0.25) is 0 Å². The van der Waals surface area contributed by atoms with E-state index in [2.05, 4.69) is 0 Å². The Kier molecular flexibility index (Phi) is 5.36. The Balaban J connectivity index is 2.48. The van der Waals surface area contributed by atoms with E-state index in [1.54, 1.807) is 0 Å². The van der Waals surface area contributed by atoms with Crippen LogP contribution in [-0.4, -0.2) is 41.5 Å². The molecule has 1 rings (SSSR count). The number of alkyl halides is 3. The number of thioether (sulfide) groups is 1. The molecule has 1 aliphatic rings. The summed E-state index contributed by atoms with van der Waals surface area (Å²) in [6.45, 7) is 1.49. The predicted molar refractivity (Wildman–Crippen MR) is 59.9 cm³/mol. The van der Waals surface area contributed by atoms with Gasteiger partial charge in [-0.05, 0) is 25.9 Å². The fourth-order valence-corrected chi connectivity index (χ4v) is 2.62. The highest BCUT2D eigenvalue weighted by Gasteiger charge is 2.41. The Labute approximate surface area is 97.7 Å². The normalized spacial score (nSPS) is 21.4. The number of nitrogens with zero attached hydrogens (tertiary/aromatic N) is 1. The number of nitrogens with two attached hydrogens (primary N) is 2. The van der Waals surface area contributed by atoms with Gasteiger partial charge >= 0.3 is 6.18 Å². The molecule has 0 bridgehead atoms. The summed E-state index contributed by atoms with van der Waals surface area (Å²) in [5.41, 5.74) is 9.46. The summed E-state index contributed by atoms with van der Waals surface area (Å²) in [6.07, 6.45) is -1.18. The standard InChI is InChI=1S/C9H18F3N3S/c10-9(11,12)7(16-8(13)14)6-15-4-2-1-3-5-15/h7-8H,1-6,13-14H2. The number of rotatable bonds is 4. The lowest BCUT2D eigenvalue weighted by Gasteiger charge is -2.31. The molecular weight excluding hydrogens is 239 g/mol. The molecule has 0 radical (unpaired) electrons. The SMILES string of the molecule is NC(N)SC(CN1CCCCC1)C(F)(F)F. The molecule has 0 aromatic carbocycles. The average Bonchev–Trinajstić information content (AvgIpc) is 2.16. The third-order valence-corrected chi connectivity index (χ3v) is 3.62. The topological polar surface area (TPSA) is 55.3 Å². The van der Waals surface area contributed by atoms with Crippen molar-refractivity contribution >= 4 is 11.8 Å². The molecule has 0 aromatic rings. The summed E-state index contributed by atoms with van der Waals surface area (Å²) in [5.74, 6) is 0. The summed E-state index contributed by atoms with van der Waals surface area (Å²) >= 11 is 0.589. The van der Waals surface area contributed by atoms with E-state index in [9.17, 15) is 13.2 Å². The Morgan fingerprint density at radius 2 is 1.69 bits per heavy atom. The van der Waals surface area contributed by atoms with Gasteiger partial charge in [0, 0.05) is 6.54 Å². The first kappa shape index (κ1) is 14.1. The van der Waals surface area contributed by atoms with Gasteiger partial charge in [-0.2, -0.15) is 13.2 Å². The molecule has 0 saturated carbocycles. The van der Waals surface area contributed by atoms with Crippen molar-refractivity contribution in [2.24, 2.45) is 11.5 Å². The molecule has 7 heteroatoms. The highest BCUT2D eigenvalue weighted by atomic mass is 32.2. The second-order valence-corrected chi connectivity index (χ2v) is 5.38. The van der Waals surface area contributed by atoms with Gasteiger partial charge in [0.2, 0.25) is 0 Å². The van der Waals surface area contributed by atoms with E-state index in [1.165, 1.54) is 0 Å². The zero-order chi connectivity index (χ0) is 12.2. The van der Waals surface area contributed by atoms with E-state index in [-0.39, 0.29) is 6.54 Å². The molecule has 16 heavy (non-hydrogen) atoms. The van der Waals surface area contributed by atoms with Gasteiger partial charge in [0.25, 0.3) is 0 Å². The van der Waals surface area contributed by atoms with Crippen molar-refractivity contribution in [1.82, 2.24) is 4.90 Å². The molecule has 3 nitrogen and oxygen atoms in total. The van der Waals surface area contributed by atoms with E-state index < -0.39 is 16.9 Å². The molecular formula is C9H18F3N3S. The van der Waals surface area contributed by atoms with Crippen molar-refractivity contribution in [2.75, 3.05) is 19.6 Å². The first-order valence-corrected chi connectivity index (χ1v) is 6.29. The summed E-state index contributed by atoms with van der Waals surface area (Å²) < 4.78 is 38.0. The van der Waals surface area contributed by atoms with Crippen LogP contribution in [-0.2, 0) is 0 Å². The maximum absolute atomic E-state index is 12.7. The number of likely N-dealkylation sites (tertiary alicyclic amines) is 1. The summed E-state index contributed by atoms with van der Waals surface area (Å²) in [6, 6.07) is 0. The van der Waals surface area contributed by atoms with Crippen molar-refractivity contribution in [3.05, 3.63) is 0 Å². The number of halogens is 3. The highest BCUT2D eigenvalue weighted by Crippen LogP contribution is 2.32. The van der Waals surface area contributed by atoms with Crippen LogP contribution in [0.1, 0.15) is 19.3 Å². The van der Waals surface area contributed by atoms with Crippen LogP contribution in [0.5, 0.6) is 0 Å². The van der Waals surface area contributed by atoms with Crippen molar-refractivity contribution in [3.8, 4) is 0 Å². The van der Waals surface area contributed by atoms with Crippen molar-refractivity contribution in [2.45, 2.75) is 36.2 Å². The largest absolute Gasteiger partial charge is 0.401 e. The molecule has 1 atom stereocenters. The molecule has 0 aliphatic carbocycles. The monoisotopic (exact) mass is 257 g/mol. The van der Waals surface area contributed by atoms with E-state index in [0.29, 0.717) is 11.8 Å². The van der Waals surface area contributed by atoms with Crippen molar-refractivity contribution in [1.29, 1.82) is 0 Å². The van der Waals surface area contributed by atoms with Crippen LogP contribution in [0, 0.1) is 0 Å². The molecule has 96 valence electrons. The van der Waals surface area contributed by atoms with E-state index >= 15 is 0 Å². The lowest BCUT2D eigenvalue weighted by Crippen LogP contribution is -2.44.